The molecule has 8 heteroatoms. The Hall–Kier alpha value is -2.16. The number of ether oxygens (including phenoxy) is 1. The van der Waals surface area contributed by atoms with Crippen LogP contribution in [0.3, 0.4) is 0 Å². The van der Waals surface area contributed by atoms with Crippen molar-refractivity contribution in [2.24, 2.45) is 0 Å². The van der Waals surface area contributed by atoms with Gasteiger partial charge in [-0.05, 0) is 28.8 Å². The van der Waals surface area contributed by atoms with Gasteiger partial charge in [0.15, 0.2) is 0 Å². The first kappa shape index (κ1) is 14.8. The van der Waals surface area contributed by atoms with Crippen LogP contribution in [0.2, 0.25) is 0 Å². The van der Waals surface area contributed by atoms with Crippen molar-refractivity contribution in [1.29, 1.82) is 0 Å². The van der Waals surface area contributed by atoms with Crippen LogP contribution >= 0.6 is 11.3 Å². The SMILES string of the molecule is OC(COCc1cccs1)Cn1nnc(-c2cccnc2)n1. The Morgan fingerprint density at radius 2 is 2.27 bits per heavy atom. The smallest absolute Gasteiger partial charge is 0.206 e. The Bertz CT molecular complexity index is 686. The lowest BCUT2D eigenvalue weighted by atomic mass is 10.3. The number of aliphatic hydroxyl groups excluding tert-OH is 1. The standard InChI is InChI=1S/C14H15N5O2S/c20-12(9-21-10-13-4-2-6-22-13)8-19-17-14(16-18-19)11-3-1-5-15-7-11/h1-7,12,20H,8-10H2. The first-order valence-electron chi connectivity index (χ1n) is 6.77. The van der Waals surface area contributed by atoms with Crippen LogP contribution in [0.25, 0.3) is 11.4 Å². The number of aliphatic hydroxyl groups is 1. The number of hydrogen-bond acceptors (Lipinski definition) is 7. The van der Waals surface area contributed by atoms with E-state index in [-0.39, 0.29) is 13.2 Å². The molecule has 114 valence electrons. The molecule has 3 aromatic rings. The second-order valence-corrected chi connectivity index (χ2v) is 5.69. The number of nitrogens with zero attached hydrogens (tertiary/aromatic N) is 5. The zero-order chi connectivity index (χ0) is 15.2. The highest BCUT2D eigenvalue weighted by Gasteiger charge is 2.10. The van der Waals surface area contributed by atoms with Gasteiger partial charge >= 0.3 is 0 Å². The molecule has 7 nitrogen and oxygen atoms in total. The van der Waals surface area contributed by atoms with Gasteiger partial charge in [0, 0.05) is 22.8 Å². The molecule has 1 atom stereocenters. The van der Waals surface area contributed by atoms with Crippen molar-refractivity contribution in [2.45, 2.75) is 19.3 Å². The summed E-state index contributed by atoms with van der Waals surface area (Å²) in [5, 5.41) is 24.0. The fourth-order valence-electron chi connectivity index (χ4n) is 1.86. The maximum absolute atomic E-state index is 9.95. The molecule has 3 aromatic heterocycles. The molecule has 0 fully saturated rings. The number of hydrogen-bond donors (Lipinski definition) is 1. The van der Waals surface area contributed by atoms with Crippen molar-refractivity contribution < 1.29 is 9.84 Å². The van der Waals surface area contributed by atoms with Gasteiger partial charge in [0.2, 0.25) is 5.82 Å². The normalized spacial score (nSPS) is 12.4. The van der Waals surface area contributed by atoms with E-state index in [0.717, 1.165) is 10.4 Å². The molecule has 0 amide bonds. The van der Waals surface area contributed by atoms with Crippen LogP contribution in [0.15, 0.2) is 42.0 Å². The molecule has 0 radical (unpaired) electrons. The van der Waals surface area contributed by atoms with Crippen molar-refractivity contribution in [3.8, 4) is 11.4 Å². The molecular weight excluding hydrogens is 302 g/mol. The average Bonchev–Trinajstić information content (AvgIpc) is 3.20. The van der Waals surface area contributed by atoms with E-state index < -0.39 is 6.10 Å². The number of tetrazole rings is 1. The molecule has 1 unspecified atom stereocenters. The number of rotatable bonds is 7. The van der Waals surface area contributed by atoms with Crippen molar-refractivity contribution in [1.82, 2.24) is 25.2 Å². The van der Waals surface area contributed by atoms with Crippen molar-refractivity contribution in [3.63, 3.8) is 0 Å². The van der Waals surface area contributed by atoms with Gasteiger partial charge in [-0.25, -0.2) is 0 Å². The Morgan fingerprint density at radius 1 is 1.32 bits per heavy atom. The minimum atomic E-state index is -0.684. The number of pyridine rings is 1. The third kappa shape index (κ3) is 3.94. The van der Waals surface area contributed by atoms with E-state index in [1.807, 2.05) is 29.6 Å². The second kappa shape index (κ2) is 7.21. The third-order valence-corrected chi connectivity index (χ3v) is 3.73. The van der Waals surface area contributed by atoms with E-state index in [2.05, 4.69) is 20.4 Å². The summed E-state index contributed by atoms with van der Waals surface area (Å²) in [6.45, 7) is 0.958. The van der Waals surface area contributed by atoms with E-state index >= 15 is 0 Å². The average molecular weight is 317 g/mol. The minimum absolute atomic E-state index is 0.224. The van der Waals surface area contributed by atoms with Crippen LogP contribution in [0.5, 0.6) is 0 Å². The van der Waals surface area contributed by atoms with Gasteiger partial charge in [-0.15, -0.1) is 21.5 Å². The van der Waals surface area contributed by atoms with Crippen LogP contribution in [-0.2, 0) is 17.9 Å². The minimum Gasteiger partial charge on any atom is -0.389 e. The maximum atomic E-state index is 9.95. The van der Waals surface area contributed by atoms with Crippen LogP contribution in [0.1, 0.15) is 4.88 Å². The van der Waals surface area contributed by atoms with Crippen LogP contribution < -0.4 is 0 Å². The highest BCUT2D eigenvalue weighted by atomic mass is 32.1. The molecule has 0 spiro atoms. The molecule has 0 saturated carbocycles. The zero-order valence-electron chi connectivity index (χ0n) is 11.7. The topological polar surface area (TPSA) is 86.0 Å². The zero-order valence-corrected chi connectivity index (χ0v) is 12.6. The predicted molar refractivity (Wildman–Crippen MR) is 81.0 cm³/mol. The van der Waals surface area contributed by atoms with Gasteiger partial charge in [0.05, 0.1) is 25.9 Å². The summed E-state index contributed by atoms with van der Waals surface area (Å²) in [6.07, 6.45) is 2.67. The molecule has 0 saturated heterocycles. The van der Waals surface area contributed by atoms with Crippen LogP contribution in [0.4, 0.5) is 0 Å². The van der Waals surface area contributed by atoms with Crippen molar-refractivity contribution in [2.75, 3.05) is 6.61 Å². The summed E-state index contributed by atoms with van der Waals surface area (Å²) in [7, 11) is 0. The maximum Gasteiger partial charge on any atom is 0.206 e. The monoisotopic (exact) mass is 317 g/mol. The molecule has 3 heterocycles. The van der Waals surface area contributed by atoms with Crippen molar-refractivity contribution >= 4 is 11.3 Å². The Labute approximate surface area is 131 Å². The first-order valence-corrected chi connectivity index (χ1v) is 7.65. The van der Waals surface area contributed by atoms with Gasteiger partial charge in [-0.1, -0.05) is 6.07 Å². The molecule has 22 heavy (non-hydrogen) atoms. The predicted octanol–water partition coefficient (Wildman–Crippen LogP) is 1.37. The Balaban J connectivity index is 1.49. The first-order chi connectivity index (χ1) is 10.8. The van der Waals surface area contributed by atoms with E-state index in [1.165, 1.54) is 4.80 Å². The van der Waals surface area contributed by atoms with E-state index in [0.29, 0.717) is 12.4 Å². The lowest BCUT2D eigenvalue weighted by Gasteiger charge is -2.09. The summed E-state index contributed by atoms with van der Waals surface area (Å²) in [4.78, 5) is 6.50. The fraction of sp³-hybridized carbons (Fsp3) is 0.286. The highest BCUT2D eigenvalue weighted by molar-refractivity contribution is 7.09. The summed E-state index contributed by atoms with van der Waals surface area (Å²) in [6, 6.07) is 7.63. The van der Waals surface area contributed by atoms with E-state index in [4.69, 9.17) is 4.74 Å². The molecule has 0 aromatic carbocycles. The quantitative estimate of drug-likeness (QED) is 0.708. The largest absolute Gasteiger partial charge is 0.389 e. The second-order valence-electron chi connectivity index (χ2n) is 4.66. The van der Waals surface area contributed by atoms with Gasteiger partial charge in [0.25, 0.3) is 0 Å². The number of thiophene rings is 1. The third-order valence-electron chi connectivity index (χ3n) is 2.88. The molecule has 0 aliphatic heterocycles. The molecule has 0 bridgehead atoms. The van der Waals surface area contributed by atoms with E-state index in [9.17, 15) is 5.11 Å². The van der Waals surface area contributed by atoms with Gasteiger partial charge in [-0.3, -0.25) is 4.98 Å². The Kier molecular flexibility index (Phi) is 4.84. The molecular formula is C14H15N5O2S. The molecule has 1 N–H and O–H groups in total. The molecule has 0 aliphatic carbocycles. The lowest BCUT2D eigenvalue weighted by molar-refractivity contribution is 0.0174. The van der Waals surface area contributed by atoms with Gasteiger partial charge in [0.1, 0.15) is 0 Å². The lowest BCUT2D eigenvalue weighted by Crippen LogP contribution is -2.23. The summed E-state index contributed by atoms with van der Waals surface area (Å²) in [5.41, 5.74) is 0.789. The number of aromatic nitrogens is 5. The fourth-order valence-corrected chi connectivity index (χ4v) is 2.50. The molecule has 0 aliphatic rings. The summed E-state index contributed by atoms with van der Waals surface area (Å²) in [5.74, 6) is 0.486. The summed E-state index contributed by atoms with van der Waals surface area (Å²) < 4.78 is 5.46. The van der Waals surface area contributed by atoms with Crippen molar-refractivity contribution in [3.05, 3.63) is 46.9 Å². The Morgan fingerprint density at radius 3 is 3.05 bits per heavy atom. The van der Waals surface area contributed by atoms with Gasteiger partial charge in [-0.2, -0.15) is 4.80 Å². The summed E-state index contributed by atoms with van der Waals surface area (Å²) >= 11 is 1.63. The van der Waals surface area contributed by atoms with E-state index in [1.54, 1.807) is 23.7 Å². The molecule has 3 rings (SSSR count). The highest BCUT2D eigenvalue weighted by Crippen LogP contribution is 2.11. The van der Waals surface area contributed by atoms with Crippen LogP contribution in [-0.4, -0.2) is 43.0 Å². The van der Waals surface area contributed by atoms with Gasteiger partial charge < -0.3 is 9.84 Å². The van der Waals surface area contributed by atoms with Crippen LogP contribution in [0, 0.1) is 0 Å².